The van der Waals surface area contributed by atoms with Crippen molar-refractivity contribution in [1.29, 1.82) is 0 Å². The molecule has 0 aliphatic carbocycles. The molecule has 2 N–H and O–H groups in total. The fourth-order valence-electron chi connectivity index (χ4n) is 1.76. The van der Waals surface area contributed by atoms with E-state index in [2.05, 4.69) is 13.8 Å². The van der Waals surface area contributed by atoms with Gasteiger partial charge in [-0.3, -0.25) is 0 Å². The molecule has 0 spiro atoms. The third kappa shape index (κ3) is 4.89. The first-order valence-electron chi connectivity index (χ1n) is 6.06. The van der Waals surface area contributed by atoms with Crippen molar-refractivity contribution in [3.05, 3.63) is 0 Å². The highest BCUT2D eigenvalue weighted by Crippen LogP contribution is 2.22. The summed E-state index contributed by atoms with van der Waals surface area (Å²) in [4.78, 5) is 0. The van der Waals surface area contributed by atoms with E-state index in [4.69, 9.17) is 14.2 Å². The van der Waals surface area contributed by atoms with E-state index in [1.807, 2.05) is 0 Å². The van der Waals surface area contributed by atoms with Crippen LogP contribution in [-0.4, -0.2) is 61.6 Å². The molecule has 1 aliphatic rings. The Balaban J connectivity index is 0.000000770. The third-order valence-electron chi connectivity index (χ3n) is 2.52. The highest BCUT2D eigenvalue weighted by molar-refractivity contribution is 4.91. The lowest BCUT2D eigenvalue weighted by Crippen LogP contribution is -2.58. The predicted octanol–water partition coefficient (Wildman–Crippen LogP) is 0.573. The van der Waals surface area contributed by atoms with Gasteiger partial charge in [-0.2, -0.15) is 0 Å². The molecule has 1 fully saturated rings. The summed E-state index contributed by atoms with van der Waals surface area (Å²) in [5.74, 6) is 0. The molecular formula is C12H26O5. The van der Waals surface area contributed by atoms with Crippen molar-refractivity contribution in [2.24, 2.45) is 0 Å². The maximum Gasteiger partial charge on any atom is 0.111 e. The summed E-state index contributed by atoms with van der Waals surface area (Å²) in [5, 5.41) is 19.3. The first kappa shape index (κ1) is 16.8. The second kappa shape index (κ2) is 8.83. The van der Waals surface area contributed by atoms with Crippen molar-refractivity contribution in [2.45, 2.75) is 57.7 Å². The Kier molecular flexibility index (Phi) is 8.72. The van der Waals surface area contributed by atoms with Crippen LogP contribution in [0, 0.1) is 0 Å². The molecule has 5 unspecified atom stereocenters. The third-order valence-corrected chi connectivity index (χ3v) is 2.52. The molecule has 1 rings (SSSR count). The minimum absolute atomic E-state index is 0.251. The molecule has 0 saturated carbocycles. The van der Waals surface area contributed by atoms with Gasteiger partial charge in [0.15, 0.2) is 0 Å². The average Bonchev–Trinajstić information content (AvgIpc) is 2.28. The zero-order valence-electron chi connectivity index (χ0n) is 11.4. The molecule has 0 amide bonds. The van der Waals surface area contributed by atoms with Crippen LogP contribution in [0.4, 0.5) is 0 Å². The molecule has 0 aromatic carbocycles. The fraction of sp³-hybridized carbons (Fsp3) is 1.00. The van der Waals surface area contributed by atoms with Crippen LogP contribution in [-0.2, 0) is 14.2 Å². The summed E-state index contributed by atoms with van der Waals surface area (Å²) in [7, 11) is 3.01. The molecule has 0 aromatic heterocycles. The van der Waals surface area contributed by atoms with Crippen LogP contribution < -0.4 is 0 Å². The van der Waals surface area contributed by atoms with Crippen LogP contribution in [0.1, 0.15) is 27.2 Å². The van der Waals surface area contributed by atoms with Gasteiger partial charge in [0, 0.05) is 14.2 Å². The summed E-state index contributed by atoms with van der Waals surface area (Å²) in [5.41, 5.74) is 0. The highest BCUT2D eigenvalue weighted by atomic mass is 16.6. The van der Waals surface area contributed by atoms with Crippen LogP contribution in [0.2, 0.25) is 0 Å². The molecule has 17 heavy (non-hydrogen) atoms. The van der Waals surface area contributed by atoms with Gasteiger partial charge in [-0.25, -0.2) is 0 Å². The van der Waals surface area contributed by atoms with Crippen LogP contribution in [0.25, 0.3) is 0 Å². The van der Waals surface area contributed by atoms with Crippen molar-refractivity contribution >= 4 is 0 Å². The zero-order chi connectivity index (χ0) is 13.4. The Morgan fingerprint density at radius 1 is 1.12 bits per heavy atom. The van der Waals surface area contributed by atoms with Crippen molar-refractivity contribution in [2.75, 3.05) is 20.8 Å². The Labute approximate surface area is 104 Å². The SMILES string of the molecule is CCC.COCC1OC(C)C(OC)C(O)C1O. The lowest BCUT2D eigenvalue weighted by atomic mass is 9.96. The smallest absolute Gasteiger partial charge is 0.111 e. The van der Waals surface area contributed by atoms with Crippen LogP contribution in [0.5, 0.6) is 0 Å². The Morgan fingerprint density at radius 3 is 2.06 bits per heavy atom. The van der Waals surface area contributed by atoms with Gasteiger partial charge >= 0.3 is 0 Å². The number of rotatable bonds is 3. The summed E-state index contributed by atoms with van der Waals surface area (Å²) in [6.07, 6.45) is -1.87. The van der Waals surface area contributed by atoms with E-state index < -0.39 is 24.4 Å². The lowest BCUT2D eigenvalue weighted by Gasteiger charge is -2.40. The molecule has 0 aromatic rings. The Morgan fingerprint density at radius 2 is 1.65 bits per heavy atom. The lowest BCUT2D eigenvalue weighted by molar-refractivity contribution is -0.232. The molecule has 5 nitrogen and oxygen atoms in total. The quantitative estimate of drug-likeness (QED) is 0.766. The number of methoxy groups -OCH3 is 2. The standard InChI is InChI=1S/C9H18O5.C3H8/c1-5-9(13-3)8(11)7(10)6(14-5)4-12-2;1-3-2/h5-11H,4H2,1-3H3;3H2,1-2H3. The van der Waals surface area contributed by atoms with E-state index >= 15 is 0 Å². The van der Waals surface area contributed by atoms with Crippen molar-refractivity contribution in [1.82, 2.24) is 0 Å². The van der Waals surface area contributed by atoms with Gasteiger partial charge in [0.25, 0.3) is 0 Å². The monoisotopic (exact) mass is 250 g/mol. The van der Waals surface area contributed by atoms with Crippen LogP contribution in [0.3, 0.4) is 0 Å². The van der Waals surface area contributed by atoms with E-state index in [-0.39, 0.29) is 12.7 Å². The first-order valence-corrected chi connectivity index (χ1v) is 6.06. The largest absolute Gasteiger partial charge is 0.388 e. The van der Waals surface area contributed by atoms with Crippen molar-refractivity contribution < 1.29 is 24.4 Å². The minimum atomic E-state index is -0.962. The molecule has 5 atom stereocenters. The topological polar surface area (TPSA) is 68.2 Å². The second-order valence-electron chi connectivity index (χ2n) is 4.22. The Hall–Kier alpha value is -0.200. The van der Waals surface area contributed by atoms with Crippen LogP contribution >= 0.6 is 0 Å². The predicted molar refractivity (Wildman–Crippen MR) is 65.0 cm³/mol. The molecule has 0 radical (unpaired) electrons. The van der Waals surface area contributed by atoms with Crippen molar-refractivity contribution in [3.8, 4) is 0 Å². The highest BCUT2D eigenvalue weighted by Gasteiger charge is 2.42. The maximum absolute atomic E-state index is 9.69. The van der Waals surface area contributed by atoms with Gasteiger partial charge in [-0.1, -0.05) is 20.3 Å². The number of aliphatic hydroxyl groups is 2. The summed E-state index contributed by atoms with van der Waals surface area (Å²) >= 11 is 0. The van der Waals surface area contributed by atoms with Gasteiger partial charge < -0.3 is 24.4 Å². The molecule has 1 heterocycles. The van der Waals surface area contributed by atoms with E-state index in [9.17, 15) is 10.2 Å². The zero-order valence-corrected chi connectivity index (χ0v) is 11.4. The molecule has 1 saturated heterocycles. The van der Waals surface area contributed by atoms with E-state index in [0.29, 0.717) is 0 Å². The second-order valence-corrected chi connectivity index (χ2v) is 4.22. The van der Waals surface area contributed by atoms with Crippen LogP contribution in [0.15, 0.2) is 0 Å². The number of hydrogen-bond acceptors (Lipinski definition) is 5. The number of hydrogen-bond donors (Lipinski definition) is 2. The van der Waals surface area contributed by atoms with E-state index in [1.165, 1.54) is 20.6 Å². The number of ether oxygens (including phenoxy) is 3. The summed E-state index contributed by atoms with van der Waals surface area (Å²) in [6.45, 7) is 6.31. The molecular weight excluding hydrogens is 224 g/mol. The Bertz CT molecular complexity index is 186. The molecule has 5 heteroatoms. The van der Waals surface area contributed by atoms with Gasteiger partial charge in [0.2, 0.25) is 0 Å². The fourth-order valence-corrected chi connectivity index (χ4v) is 1.76. The molecule has 1 aliphatic heterocycles. The van der Waals surface area contributed by atoms with Gasteiger partial charge in [0.05, 0.1) is 12.7 Å². The summed E-state index contributed by atoms with van der Waals surface area (Å²) < 4.78 is 15.4. The minimum Gasteiger partial charge on any atom is -0.388 e. The van der Waals surface area contributed by atoms with Crippen molar-refractivity contribution in [3.63, 3.8) is 0 Å². The molecule has 104 valence electrons. The molecule has 0 bridgehead atoms. The maximum atomic E-state index is 9.69. The normalized spacial score (nSPS) is 37.2. The van der Waals surface area contributed by atoms with Gasteiger partial charge in [-0.05, 0) is 6.92 Å². The van der Waals surface area contributed by atoms with Gasteiger partial charge in [0.1, 0.15) is 24.4 Å². The van der Waals surface area contributed by atoms with E-state index in [0.717, 1.165) is 0 Å². The average molecular weight is 250 g/mol. The van der Waals surface area contributed by atoms with Gasteiger partial charge in [-0.15, -0.1) is 0 Å². The number of aliphatic hydroxyl groups excluding tert-OH is 2. The van der Waals surface area contributed by atoms with E-state index in [1.54, 1.807) is 6.92 Å². The summed E-state index contributed by atoms with van der Waals surface area (Å²) in [6, 6.07) is 0. The first-order chi connectivity index (χ1) is 8.03.